The quantitative estimate of drug-likeness (QED) is 0.834. The van der Waals surface area contributed by atoms with Gasteiger partial charge in [0, 0.05) is 18.8 Å². The molecule has 1 aromatic carbocycles. The molecular weight excluding hydrogens is 318 g/mol. The molecule has 2 aliphatic heterocycles. The molecule has 0 unspecified atom stereocenters. The molecule has 2 heterocycles. The lowest BCUT2D eigenvalue weighted by Crippen LogP contribution is -2.45. The summed E-state index contributed by atoms with van der Waals surface area (Å²) in [6.07, 6.45) is 1.47. The minimum atomic E-state index is -3.50. The predicted molar refractivity (Wildman–Crippen MR) is 80.6 cm³/mol. The van der Waals surface area contributed by atoms with Gasteiger partial charge in [-0.1, -0.05) is 23.7 Å². The van der Waals surface area contributed by atoms with E-state index >= 15 is 0 Å². The maximum atomic E-state index is 12.6. The average molecular weight is 334 g/mol. The van der Waals surface area contributed by atoms with Crippen molar-refractivity contribution in [1.82, 2.24) is 4.31 Å². The average Bonchev–Trinajstić information content (AvgIpc) is 2.88. The van der Waals surface area contributed by atoms with Crippen LogP contribution in [0.25, 0.3) is 0 Å². The highest BCUT2D eigenvalue weighted by atomic mass is 35.5. The zero-order chi connectivity index (χ0) is 14.2. The van der Waals surface area contributed by atoms with E-state index < -0.39 is 10.0 Å². The summed E-state index contributed by atoms with van der Waals surface area (Å²) < 4.78 is 32.5. The van der Waals surface area contributed by atoms with Crippen molar-refractivity contribution in [2.45, 2.75) is 22.7 Å². The standard InChI is InChI=1S/C13H16ClNO3S2/c14-11-3-1-2-4-12(11)20(16,17)15-7-5-13(6-8-15)18-9-10-19-13/h1-4H,5-10H2. The van der Waals surface area contributed by atoms with Gasteiger partial charge in [0.1, 0.15) is 9.83 Å². The Bertz CT molecular complexity index is 589. The van der Waals surface area contributed by atoms with Crippen LogP contribution in [-0.2, 0) is 14.8 Å². The number of nitrogens with zero attached hydrogens (tertiary/aromatic N) is 1. The summed E-state index contributed by atoms with van der Waals surface area (Å²) >= 11 is 7.82. The Kier molecular flexibility index (Phi) is 4.03. The third-order valence-electron chi connectivity index (χ3n) is 3.75. The van der Waals surface area contributed by atoms with Gasteiger partial charge in [-0.15, -0.1) is 11.8 Å². The van der Waals surface area contributed by atoms with Gasteiger partial charge in [-0.05, 0) is 25.0 Å². The fraction of sp³-hybridized carbons (Fsp3) is 0.538. The molecule has 0 aliphatic carbocycles. The molecule has 0 radical (unpaired) electrons. The summed E-state index contributed by atoms with van der Waals surface area (Å²) in [4.78, 5) is 0.0320. The van der Waals surface area contributed by atoms with E-state index in [2.05, 4.69) is 0 Å². The molecule has 2 fully saturated rings. The van der Waals surface area contributed by atoms with Gasteiger partial charge in [-0.3, -0.25) is 0 Å². The van der Waals surface area contributed by atoms with E-state index in [0.29, 0.717) is 13.1 Å². The van der Waals surface area contributed by atoms with Crippen molar-refractivity contribution in [2.75, 3.05) is 25.4 Å². The molecular formula is C13H16ClNO3S2. The zero-order valence-electron chi connectivity index (χ0n) is 10.9. The van der Waals surface area contributed by atoms with Gasteiger partial charge in [-0.2, -0.15) is 4.31 Å². The molecule has 0 bridgehead atoms. The summed E-state index contributed by atoms with van der Waals surface area (Å²) in [5.41, 5.74) is 0. The number of rotatable bonds is 2. The molecule has 1 aromatic rings. The number of thioether (sulfide) groups is 1. The molecule has 2 aliphatic rings. The van der Waals surface area contributed by atoms with Crippen molar-refractivity contribution >= 4 is 33.4 Å². The van der Waals surface area contributed by atoms with Crippen molar-refractivity contribution in [2.24, 2.45) is 0 Å². The molecule has 0 atom stereocenters. The number of halogens is 1. The van der Waals surface area contributed by atoms with Crippen molar-refractivity contribution in [3.63, 3.8) is 0 Å². The second kappa shape index (κ2) is 5.50. The zero-order valence-corrected chi connectivity index (χ0v) is 13.3. The Hall–Kier alpha value is -0.270. The van der Waals surface area contributed by atoms with E-state index in [1.165, 1.54) is 4.31 Å². The van der Waals surface area contributed by atoms with Crippen molar-refractivity contribution in [3.8, 4) is 0 Å². The normalized spacial score (nSPS) is 23.2. The molecule has 1 spiro atoms. The van der Waals surface area contributed by atoms with Crippen LogP contribution in [0.2, 0.25) is 5.02 Å². The van der Waals surface area contributed by atoms with Crippen LogP contribution in [0.1, 0.15) is 12.8 Å². The lowest BCUT2D eigenvalue weighted by molar-refractivity contribution is 0.0162. The second-order valence-corrected chi connectivity index (χ2v) is 8.70. The van der Waals surface area contributed by atoms with Crippen LogP contribution in [0.15, 0.2) is 29.2 Å². The van der Waals surface area contributed by atoms with E-state index in [4.69, 9.17) is 16.3 Å². The minimum Gasteiger partial charge on any atom is -0.363 e. The SMILES string of the molecule is O=S(=O)(c1ccccc1Cl)N1CCC2(CC1)OCCS2. The summed E-state index contributed by atoms with van der Waals surface area (Å²) in [6, 6.07) is 6.59. The van der Waals surface area contributed by atoms with Gasteiger partial charge in [0.2, 0.25) is 10.0 Å². The maximum Gasteiger partial charge on any atom is 0.244 e. The fourth-order valence-corrected chi connectivity index (χ4v) is 5.76. The Morgan fingerprint density at radius 3 is 2.55 bits per heavy atom. The lowest BCUT2D eigenvalue weighted by Gasteiger charge is -2.37. The van der Waals surface area contributed by atoms with Gasteiger partial charge < -0.3 is 4.74 Å². The van der Waals surface area contributed by atoms with Gasteiger partial charge in [0.05, 0.1) is 11.6 Å². The fourth-order valence-electron chi connectivity index (χ4n) is 2.65. The van der Waals surface area contributed by atoms with Crippen LogP contribution in [0.3, 0.4) is 0 Å². The monoisotopic (exact) mass is 333 g/mol. The summed E-state index contributed by atoms with van der Waals surface area (Å²) in [5.74, 6) is 0.997. The summed E-state index contributed by atoms with van der Waals surface area (Å²) in [5, 5.41) is 0.277. The molecule has 20 heavy (non-hydrogen) atoms. The van der Waals surface area contributed by atoms with Crippen molar-refractivity contribution in [3.05, 3.63) is 29.3 Å². The van der Waals surface area contributed by atoms with Crippen LogP contribution >= 0.6 is 23.4 Å². The van der Waals surface area contributed by atoms with E-state index in [0.717, 1.165) is 25.2 Å². The first-order chi connectivity index (χ1) is 9.54. The second-order valence-electron chi connectivity index (χ2n) is 4.94. The Morgan fingerprint density at radius 2 is 1.95 bits per heavy atom. The number of benzene rings is 1. The van der Waals surface area contributed by atoms with Gasteiger partial charge in [0.15, 0.2) is 0 Å². The summed E-state index contributed by atoms with van der Waals surface area (Å²) in [6.45, 7) is 1.74. The van der Waals surface area contributed by atoms with Crippen LogP contribution in [-0.4, -0.2) is 43.1 Å². The number of hydrogen-bond acceptors (Lipinski definition) is 4. The highest BCUT2D eigenvalue weighted by Gasteiger charge is 2.42. The Labute approximate surface area is 128 Å². The predicted octanol–water partition coefficient (Wildman–Crippen LogP) is 2.58. The first kappa shape index (κ1) is 14.7. The third-order valence-corrected chi connectivity index (χ3v) is 7.57. The van der Waals surface area contributed by atoms with E-state index in [-0.39, 0.29) is 14.9 Å². The molecule has 4 nitrogen and oxygen atoms in total. The lowest BCUT2D eigenvalue weighted by atomic mass is 10.1. The molecule has 3 rings (SSSR count). The minimum absolute atomic E-state index is 0.160. The Morgan fingerprint density at radius 1 is 1.25 bits per heavy atom. The molecule has 0 amide bonds. The van der Waals surface area contributed by atoms with Crippen LogP contribution < -0.4 is 0 Å². The van der Waals surface area contributed by atoms with Crippen LogP contribution in [0.4, 0.5) is 0 Å². The molecule has 2 saturated heterocycles. The smallest absolute Gasteiger partial charge is 0.244 e. The number of sulfonamides is 1. The van der Waals surface area contributed by atoms with Crippen LogP contribution in [0, 0.1) is 0 Å². The highest BCUT2D eigenvalue weighted by molar-refractivity contribution is 8.00. The number of ether oxygens (including phenoxy) is 1. The molecule has 0 N–H and O–H groups in total. The maximum absolute atomic E-state index is 12.6. The molecule has 7 heteroatoms. The van der Waals surface area contributed by atoms with Gasteiger partial charge >= 0.3 is 0 Å². The van der Waals surface area contributed by atoms with Crippen LogP contribution in [0.5, 0.6) is 0 Å². The first-order valence-corrected chi connectivity index (χ1v) is 9.37. The largest absolute Gasteiger partial charge is 0.363 e. The summed E-state index contributed by atoms with van der Waals surface area (Å²) in [7, 11) is -3.50. The van der Waals surface area contributed by atoms with Gasteiger partial charge in [-0.25, -0.2) is 8.42 Å². The first-order valence-electron chi connectivity index (χ1n) is 6.56. The highest BCUT2D eigenvalue weighted by Crippen LogP contribution is 2.42. The molecule has 0 saturated carbocycles. The molecule has 110 valence electrons. The van der Waals surface area contributed by atoms with Crippen molar-refractivity contribution < 1.29 is 13.2 Å². The number of piperidine rings is 1. The molecule has 0 aromatic heterocycles. The Balaban J connectivity index is 1.79. The van der Waals surface area contributed by atoms with Gasteiger partial charge in [0.25, 0.3) is 0 Å². The van der Waals surface area contributed by atoms with E-state index in [1.807, 2.05) is 11.8 Å². The topological polar surface area (TPSA) is 46.6 Å². The van der Waals surface area contributed by atoms with E-state index in [9.17, 15) is 8.42 Å². The third kappa shape index (κ3) is 2.60. The van der Waals surface area contributed by atoms with E-state index in [1.54, 1.807) is 24.3 Å². The number of hydrogen-bond donors (Lipinski definition) is 0. The van der Waals surface area contributed by atoms with Crippen molar-refractivity contribution in [1.29, 1.82) is 0 Å².